The Hall–Kier alpha value is -1.72. The van der Waals surface area contributed by atoms with E-state index in [-0.39, 0.29) is 12.1 Å². The van der Waals surface area contributed by atoms with Crippen LogP contribution in [0.15, 0.2) is 12.4 Å². The van der Waals surface area contributed by atoms with Crippen LogP contribution in [0.3, 0.4) is 0 Å². The zero-order valence-electron chi connectivity index (χ0n) is 13.3. The second-order valence-corrected chi connectivity index (χ2v) is 6.75. The monoisotopic (exact) mass is 294 g/mol. The van der Waals surface area contributed by atoms with Gasteiger partial charge in [-0.2, -0.15) is 5.10 Å². The third kappa shape index (κ3) is 5.28. The van der Waals surface area contributed by atoms with Crippen molar-refractivity contribution in [2.45, 2.75) is 64.1 Å². The van der Waals surface area contributed by atoms with Crippen LogP contribution >= 0.6 is 0 Å². The molecule has 6 heteroatoms. The molecule has 0 aliphatic heterocycles. The van der Waals surface area contributed by atoms with Crippen molar-refractivity contribution in [2.24, 2.45) is 7.05 Å². The van der Waals surface area contributed by atoms with Gasteiger partial charge in [0.25, 0.3) is 0 Å². The highest BCUT2D eigenvalue weighted by Crippen LogP contribution is 2.22. The average Bonchev–Trinajstić information content (AvgIpc) is 2.72. The van der Waals surface area contributed by atoms with Crippen LogP contribution < -0.4 is 10.6 Å². The maximum atomic E-state index is 11.8. The molecule has 1 aromatic heterocycles. The summed E-state index contributed by atoms with van der Waals surface area (Å²) in [5.74, 6) is 0. The third-order valence-corrected chi connectivity index (χ3v) is 3.47. The minimum absolute atomic E-state index is 0.169. The zero-order chi connectivity index (χ0) is 15.5. The first kappa shape index (κ1) is 15.7. The minimum Gasteiger partial charge on any atom is -0.444 e. The second kappa shape index (κ2) is 6.37. The lowest BCUT2D eigenvalue weighted by Gasteiger charge is -2.31. The lowest BCUT2D eigenvalue weighted by molar-refractivity contribution is 0.0492. The summed E-state index contributed by atoms with van der Waals surface area (Å²) >= 11 is 0. The zero-order valence-corrected chi connectivity index (χ0v) is 13.3. The van der Waals surface area contributed by atoms with Crippen molar-refractivity contribution in [1.82, 2.24) is 15.1 Å². The van der Waals surface area contributed by atoms with E-state index in [1.165, 1.54) is 0 Å². The molecule has 0 spiro atoms. The molecular formula is C15H26N4O2. The smallest absolute Gasteiger partial charge is 0.407 e. The Morgan fingerprint density at radius 3 is 2.71 bits per heavy atom. The van der Waals surface area contributed by atoms with Gasteiger partial charge in [0.15, 0.2) is 0 Å². The molecule has 0 aromatic carbocycles. The second-order valence-electron chi connectivity index (χ2n) is 6.75. The molecule has 2 atom stereocenters. The molecule has 1 aliphatic rings. The summed E-state index contributed by atoms with van der Waals surface area (Å²) < 4.78 is 7.09. The number of aromatic nitrogens is 2. The van der Waals surface area contributed by atoms with Crippen molar-refractivity contribution < 1.29 is 9.53 Å². The van der Waals surface area contributed by atoms with Gasteiger partial charge in [0.05, 0.1) is 11.9 Å². The number of anilines is 1. The summed E-state index contributed by atoms with van der Waals surface area (Å²) in [5, 5.41) is 10.6. The number of alkyl carbamates (subject to hydrolysis) is 1. The van der Waals surface area contributed by atoms with Crippen LogP contribution in [0, 0.1) is 0 Å². The molecule has 2 rings (SSSR count). The van der Waals surface area contributed by atoms with Crippen LogP contribution in [0.4, 0.5) is 10.5 Å². The van der Waals surface area contributed by atoms with Gasteiger partial charge in [-0.05, 0) is 46.5 Å². The Morgan fingerprint density at radius 2 is 2.10 bits per heavy atom. The molecule has 118 valence electrons. The van der Waals surface area contributed by atoms with Gasteiger partial charge in [-0.1, -0.05) is 0 Å². The molecule has 1 aromatic rings. The van der Waals surface area contributed by atoms with Gasteiger partial charge < -0.3 is 15.4 Å². The quantitative estimate of drug-likeness (QED) is 0.899. The van der Waals surface area contributed by atoms with E-state index in [1.54, 1.807) is 4.68 Å². The van der Waals surface area contributed by atoms with Crippen LogP contribution in [0.5, 0.6) is 0 Å². The van der Waals surface area contributed by atoms with Gasteiger partial charge >= 0.3 is 6.09 Å². The third-order valence-electron chi connectivity index (χ3n) is 3.47. The van der Waals surface area contributed by atoms with Crippen LogP contribution in [-0.2, 0) is 11.8 Å². The number of nitrogens with one attached hydrogen (secondary N) is 2. The molecule has 0 saturated heterocycles. The van der Waals surface area contributed by atoms with Gasteiger partial charge in [0.2, 0.25) is 0 Å². The molecule has 1 saturated carbocycles. The normalized spacial score (nSPS) is 22.7. The molecule has 0 bridgehead atoms. The van der Waals surface area contributed by atoms with E-state index in [1.807, 2.05) is 40.2 Å². The van der Waals surface area contributed by atoms with E-state index in [4.69, 9.17) is 4.74 Å². The summed E-state index contributed by atoms with van der Waals surface area (Å²) in [7, 11) is 1.90. The highest BCUT2D eigenvalue weighted by molar-refractivity contribution is 5.68. The molecule has 1 amide bonds. The number of nitrogens with zero attached hydrogens (tertiary/aromatic N) is 2. The highest BCUT2D eigenvalue weighted by atomic mass is 16.6. The Bertz CT molecular complexity index is 478. The number of hydrogen-bond donors (Lipinski definition) is 2. The van der Waals surface area contributed by atoms with Crippen LogP contribution in [0.25, 0.3) is 0 Å². The van der Waals surface area contributed by atoms with Crippen LogP contribution in [-0.4, -0.2) is 33.6 Å². The van der Waals surface area contributed by atoms with E-state index in [0.717, 1.165) is 31.4 Å². The molecule has 6 nitrogen and oxygen atoms in total. The molecule has 2 unspecified atom stereocenters. The number of hydrogen-bond acceptors (Lipinski definition) is 4. The number of carbonyl (C=O) groups is 1. The fourth-order valence-corrected chi connectivity index (χ4v) is 2.66. The van der Waals surface area contributed by atoms with Crippen molar-refractivity contribution in [3.05, 3.63) is 12.4 Å². The fraction of sp³-hybridized carbons (Fsp3) is 0.733. The summed E-state index contributed by atoms with van der Waals surface area (Å²) in [4.78, 5) is 11.8. The standard InChI is InChI=1S/C15H26N4O2/c1-15(2,3)21-14(20)18-12-7-5-6-11(8-12)17-13-9-16-19(4)10-13/h9-12,17H,5-8H2,1-4H3,(H,18,20). The Kier molecular flexibility index (Phi) is 4.75. The molecule has 2 N–H and O–H groups in total. The number of aryl methyl sites for hydroxylation is 1. The van der Waals surface area contributed by atoms with Crippen molar-refractivity contribution in [2.75, 3.05) is 5.32 Å². The summed E-state index contributed by atoms with van der Waals surface area (Å²) in [5.41, 5.74) is 0.576. The molecule has 21 heavy (non-hydrogen) atoms. The van der Waals surface area contributed by atoms with Gasteiger partial charge in [0.1, 0.15) is 5.60 Å². The first-order valence-electron chi connectivity index (χ1n) is 7.56. The summed E-state index contributed by atoms with van der Waals surface area (Å²) in [6.45, 7) is 5.63. The van der Waals surface area contributed by atoms with Crippen LogP contribution in [0.1, 0.15) is 46.5 Å². The first-order chi connectivity index (χ1) is 9.82. The molecular weight excluding hydrogens is 268 g/mol. The van der Waals surface area contributed by atoms with E-state index in [2.05, 4.69) is 15.7 Å². The van der Waals surface area contributed by atoms with E-state index in [9.17, 15) is 4.79 Å². The topological polar surface area (TPSA) is 68.2 Å². The van der Waals surface area contributed by atoms with Crippen molar-refractivity contribution in [3.8, 4) is 0 Å². The Labute approximate surface area is 126 Å². The predicted octanol–water partition coefficient (Wildman–Crippen LogP) is 2.67. The maximum Gasteiger partial charge on any atom is 0.407 e. The van der Waals surface area contributed by atoms with Gasteiger partial charge in [0, 0.05) is 25.3 Å². The number of carbonyl (C=O) groups excluding carboxylic acids is 1. The minimum atomic E-state index is -0.452. The number of ether oxygens (including phenoxy) is 1. The number of rotatable bonds is 3. The number of amides is 1. The van der Waals surface area contributed by atoms with Gasteiger partial charge in [-0.25, -0.2) is 4.79 Å². The Balaban J connectivity index is 1.82. The molecule has 1 aliphatic carbocycles. The SMILES string of the molecule is Cn1cc(NC2CCCC(NC(=O)OC(C)(C)C)C2)cn1. The van der Waals surface area contributed by atoms with Crippen molar-refractivity contribution >= 4 is 11.8 Å². The average molecular weight is 294 g/mol. The van der Waals surface area contributed by atoms with Gasteiger partial charge in [-0.15, -0.1) is 0 Å². The molecule has 1 fully saturated rings. The Morgan fingerprint density at radius 1 is 1.38 bits per heavy atom. The lowest BCUT2D eigenvalue weighted by Crippen LogP contribution is -2.43. The van der Waals surface area contributed by atoms with Crippen LogP contribution in [0.2, 0.25) is 0 Å². The van der Waals surface area contributed by atoms with E-state index in [0.29, 0.717) is 6.04 Å². The van der Waals surface area contributed by atoms with Gasteiger partial charge in [-0.3, -0.25) is 4.68 Å². The van der Waals surface area contributed by atoms with Crippen molar-refractivity contribution in [1.29, 1.82) is 0 Å². The summed E-state index contributed by atoms with van der Waals surface area (Å²) in [6, 6.07) is 0.533. The molecule has 1 heterocycles. The first-order valence-corrected chi connectivity index (χ1v) is 7.56. The fourth-order valence-electron chi connectivity index (χ4n) is 2.66. The van der Waals surface area contributed by atoms with E-state index >= 15 is 0 Å². The predicted molar refractivity (Wildman–Crippen MR) is 82.2 cm³/mol. The lowest BCUT2D eigenvalue weighted by atomic mass is 9.91. The van der Waals surface area contributed by atoms with Crippen molar-refractivity contribution in [3.63, 3.8) is 0 Å². The highest BCUT2D eigenvalue weighted by Gasteiger charge is 2.25. The summed E-state index contributed by atoms with van der Waals surface area (Å²) in [6.07, 6.45) is 7.59. The van der Waals surface area contributed by atoms with E-state index < -0.39 is 5.60 Å². The largest absolute Gasteiger partial charge is 0.444 e. The molecule has 0 radical (unpaired) electrons. The maximum absolute atomic E-state index is 11.8.